The second-order valence-electron chi connectivity index (χ2n) is 4.63. The van der Waals surface area contributed by atoms with Crippen LogP contribution >= 0.6 is 0 Å². The largest absolute Gasteiger partial charge is 0.481 e. The maximum Gasteiger partial charge on any atom is 0.341 e. The van der Waals surface area contributed by atoms with E-state index in [1.807, 2.05) is 0 Å². The molecule has 1 unspecified atom stereocenters. The monoisotopic (exact) mass is 321 g/mol. The average Bonchev–Trinajstić information content (AvgIpc) is 2.38. The Morgan fingerprint density at radius 1 is 1.33 bits per heavy atom. The summed E-state index contributed by atoms with van der Waals surface area (Å²) in [7, 11) is -4.68. The van der Waals surface area contributed by atoms with Crippen molar-refractivity contribution in [3.05, 3.63) is 24.3 Å². The number of para-hydroxylation sites is 1. The van der Waals surface area contributed by atoms with Gasteiger partial charge in [-0.25, -0.2) is 8.42 Å². The van der Waals surface area contributed by atoms with Crippen molar-refractivity contribution in [3.8, 4) is 0 Å². The van der Waals surface area contributed by atoms with Crippen molar-refractivity contribution in [2.24, 2.45) is 0 Å². The number of carboxylic acids is 1. The molecule has 8 heteroatoms. The zero-order valence-corrected chi connectivity index (χ0v) is 12.2. The van der Waals surface area contributed by atoms with Crippen LogP contribution in [0.15, 0.2) is 29.2 Å². The molecular formula is C13H17F2NO4S. The van der Waals surface area contributed by atoms with E-state index in [9.17, 15) is 22.0 Å². The molecule has 21 heavy (non-hydrogen) atoms. The Kier molecular flexibility index (Phi) is 6.07. The molecule has 0 saturated carbocycles. The molecule has 0 aliphatic carbocycles. The van der Waals surface area contributed by atoms with E-state index in [0.717, 1.165) is 6.07 Å². The molecule has 5 nitrogen and oxygen atoms in total. The predicted molar refractivity (Wildman–Crippen MR) is 74.2 cm³/mol. The van der Waals surface area contributed by atoms with Gasteiger partial charge in [-0.2, -0.15) is 8.78 Å². The smallest absolute Gasteiger partial charge is 0.341 e. The zero-order valence-electron chi connectivity index (χ0n) is 11.4. The van der Waals surface area contributed by atoms with E-state index in [1.165, 1.54) is 18.2 Å². The van der Waals surface area contributed by atoms with Crippen LogP contribution in [0.25, 0.3) is 0 Å². The van der Waals surface area contributed by atoms with Crippen molar-refractivity contribution >= 4 is 21.5 Å². The summed E-state index contributed by atoms with van der Waals surface area (Å²) in [5.74, 6) is -4.40. The van der Waals surface area contributed by atoms with E-state index in [4.69, 9.17) is 5.11 Å². The number of alkyl halides is 2. The summed E-state index contributed by atoms with van der Waals surface area (Å²) >= 11 is 0. The number of hydrogen-bond acceptors (Lipinski definition) is 4. The molecule has 1 aromatic carbocycles. The molecule has 1 atom stereocenters. The van der Waals surface area contributed by atoms with Gasteiger partial charge in [-0.3, -0.25) is 4.79 Å². The van der Waals surface area contributed by atoms with Gasteiger partial charge in [-0.15, -0.1) is 0 Å². The fourth-order valence-electron chi connectivity index (χ4n) is 1.83. The summed E-state index contributed by atoms with van der Waals surface area (Å²) in [6.07, 6.45) is 0.894. The summed E-state index contributed by atoms with van der Waals surface area (Å²) in [5.41, 5.74) is 0.0978. The fourth-order valence-corrected chi connectivity index (χ4v) is 2.72. The molecule has 0 bridgehead atoms. The van der Waals surface area contributed by atoms with Gasteiger partial charge in [0.05, 0.1) is 10.6 Å². The van der Waals surface area contributed by atoms with Crippen LogP contribution in [-0.4, -0.2) is 31.3 Å². The Morgan fingerprint density at radius 3 is 2.52 bits per heavy atom. The molecule has 1 rings (SSSR count). The number of carbonyl (C=O) groups is 1. The summed E-state index contributed by atoms with van der Waals surface area (Å²) in [6.45, 7) is 1.73. The minimum Gasteiger partial charge on any atom is -0.481 e. The predicted octanol–water partition coefficient (Wildman–Crippen LogP) is 2.74. The molecule has 118 valence electrons. The Bertz CT molecular complexity index is 590. The normalized spacial score (nSPS) is 13.1. The number of halogens is 2. The van der Waals surface area contributed by atoms with Crippen LogP contribution in [-0.2, 0) is 14.6 Å². The Balaban J connectivity index is 2.83. The third kappa shape index (κ3) is 4.96. The lowest BCUT2D eigenvalue weighted by Gasteiger charge is -2.17. The fraction of sp³-hybridized carbons (Fsp3) is 0.462. The summed E-state index contributed by atoms with van der Waals surface area (Å²) in [6, 6.07) is 5.20. The van der Waals surface area contributed by atoms with Gasteiger partial charge in [0.15, 0.2) is 0 Å². The van der Waals surface area contributed by atoms with Gasteiger partial charge in [-0.05, 0) is 31.9 Å². The topological polar surface area (TPSA) is 83.5 Å². The van der Waals surface area contributed by atoms with Gasteiger partial charge in [-0.1, -0.05) is 12.1 Å². The van der Waals surface area contributed by atoms with Gasteiger partial charge in [0.1, 0.15) is 0 Å². The number of rotatable bonds is 8. The van der Waals surface area contributed by atoms with Crippen LogP contribution < -0.4 is 5.32 Å². The minimum absolute atomic E-state index is 0.00298. The van der Waals surface area contributed by atoms with Gasteiger partial charge in [0, 0.05) is 12.5 Å². The van der Waals surface area contributed by atoms with E-state index in [0.29, 0.717) is 12.8 Å². The molecule has 0 aromatic heterocycles. The Morgan fingerprint density at radius 2 is 1.95 bits per heavy atom. The maximum atomic E-state index is 12.6. The van der Waals surface area contributed by atoms with Crippen LogP contribution in [0.3, 0.4) is 0 Å². The third-order valence-electron chi connectivity index (χ3n) is 2.86. The van der Waals surface area contributed by atoms with Crippen molar-refractivity contribution in [3.63, 3.8) is 0 Å². The number of anilines is 1. The second kappa shape index (κ2) is 7.35. The van der Waals surface area contributed by atoms with E-state index in [1.54, 1.807) is 6.92 Å². The lowest BCUT2D eigenvalue weighted by Crippen LogP contribution is -2.19. The first-order valence-corrected chi connectivity index (χ1v) is 7.89. The molecule has 1 aromatic rings. The van der Waals surface area contributed by atoms with Gasteiger partial charge in [0.2, 0.25) is 9.84 Å². The molecular weight excluding hydrogens is 304 g/mol. The van der Waals surface area contributed by atoms with Crippen molar-refractivity contribution < 1.29 is 27.1 Å². The second-order valence-corrected chi connectivity index (χ2v) is 6.52. The van der Waals surface area contributed by atoms with E-state index in [-0.39, 0.29) is 18.2 Å². The number of aliphatic carboxylic acids is 1. The first kappa shape index (κ1) is 17.4. The molecule has 0 amide bonds. The van der Waals surface area contributed by atoms with Gasteiger partial charge < -0.3 is 10.4 Å². The maximum absolute atomic E-state index is 12.6. The molecule has 0 spiro atoms. The molecule has 0 heterocycles. The quantitative estimate of drug-likeness (QED) is 0.769. The van der Waals surface area contributed by atoms with Crippen molar-refractivity contribution in [2.75, 3.05) is 5.32 Å². The summed E-state index contributed by atoms with van der Waals surface area (Å²) in [4.78, 5) is 9.96. The van der Waals surface area contributed by atoms with Crippen LogP contribution in [0, 0.1) is 0 Å². The van der Waals surface area contributed by atoms with Gasteiger partial charge >= 0.3 is 11.7 Å². The van der Waals surface area contributed by atoms with E-state index >= 15 is 0 Å². The minimum atomic E-state index is -4.68. The molecule has 2 N–H and O–H groups in total. The molecule has 0 radical (unpaired) electrons. The van der Waals surface area contributed by atoms with Gasteiger partial charge in [0.25, 0.3) is 0 Å². The number of benzene rings is 1. The first-order chi connectivity index (χ1) is 9.75. The van der Waals surface area contributed by atoms with Crippen LogP contribution in [0.2, 0.25) is 0 Å². The van der Waals surface area contributed by atoms with E-state index in [2.05, 4.69) is 5.32 Å². The molecule has 0 aliphatic rings. The Labute approximate surface area is 121 Å². The average molecular weight is 321 g/mol. The highest BCUT2D eigenvalue weighted by molar-refractivity contribution is 7.91. The SMILES string of the molecule is CC(CCCC(=O)O)Nc1ccccc1S(=O)(=O)C(F)F. The van der Waals surface area contributed by atoms with Crippen LogP contribution in [0.1, 0.15) is 26.2 Å². The lowest BCUT2D eigenvalue weighted by atomic mass is 10.1. The molecule has 0 fully saturated rings. The number of carboxylic acid groups (broad SMARTS) is 1. The summed E-state index contributed by atoms with van der Waals surface area (Å²) < 4.78 is 48.4. The van der Waals surface area contributed by atoms with Crippen LogP contribution in [0.4, 0.5) is 14.5 Å². The number of sulfone groups is 1. The molecule has 0 saturated heterocycles. The Hall–Kier alpha value is -1.70. The van der Waals surface area contributed by atoms with Crippen molar-refractivity contribution in [1.29, 1.82) is 0 Å². The lowest BCUT2D eigenvalue weighted by molar-refractivity contribution is -0.137. The highest BCUT2D eigenvalue weighted by Gasteiger charge is 2.29. The number of hydrogen-bond donors (Lipinski definition) is 2. The van der Waals surface area contributed by atoms with Crippen molar-refractivity contribution in [1.82, 2.24) is 0 Å². The highest BCUT2D eigenvalue weighted by atomic mass is 32.2. The van der Waals surface area contributed by atoms with Crippen LogP contribution in [0.5, 0.6) is 0 Å². The molecule has 0 aliphatic heterocycles. The van der Waals surface area contributed by atoms with Crippen molar-refractivity contribution in [2.45, 2.75) is 42.9 Å². The standard InChI is InChI=1S/C13H17F2NO4S/c1-9(5-4-8-12(17)18)16-10-6-2-3-7-11(10)21(19,20)13(14)15/h2-3,6-7,9,13,16H,4-5,8H2,1H3,(H,17,18). The third-order valence-corrected chi connectivity index (χ3v) is 4.30. The zero-order chi connectivity index (χ0) is 16.0. The van der Waals surface area contributed by atoms with E-state index < -0.39 is 26.5 Å². The highest BCUT2D eigenvalue weighted by Crippen LogP contribution is 2.27. The summed E-state index contributed by atoms with van der Waals surface area (Å²) in [5, 5.41) is 11.4. The number of nitrogens with one attached hydrogen (secondary N) is 1. The first-order valence-electron chi connectivity index (χ1n) is 6.34.